The van der Waals surface area contributed by atoms with Crippen molar-refractivity contribution < 1.29 is 9.50 Å². The van der Waals surface area contributed by atoms with Crippen LogP contribution in [0.15, 0.2) is 30.5 Å². The lowest BCUT2D eigenvalue weighted by molar-refractivity contribution is 0.204. The second-order valence-corrected chi connectivity index (χ2v) is 3.81. The number of aliphatic hydroxyl groups is 1. The van der Waals surface area contributed by atoms with Crippen LogP contribution in [0.25, 0.3) is 0 Å². The van der Waals surface area contributed by atoms with E-state index in [2.05, 4.69) is 5.10 Å². The van der Waals surface area contributed by atoms with Crippen molar-refractivity contribution in [1.82, 2.24) is 9.78 Å². The fourth-order valence-electron chi connectivity index (χ4n) is 1.67. The molecule has 2 aromatic rings. The van der Waals surface area contributed by atoms with Gasteiger partial charge < -0.3 is 5.11 Å². The molecule has 0 spiro atoms. The van der Waals surface area contributed by atoms with E-state index >= 15 is 0 Å². The molecule has 0 saturated heterocycles. The molecule has 84 valence electrons. The molecule has 1 aromatic carbocycles. The Morgan fingerprint density at radius 2 is 2.12 bits per heavy atom. The highest BCUT2D eigenvalue weighted by molar-refractivity contribution is 5.29. The second kappa shape index (κ2) is 4.06. The molecule has 1 aromatic heterocycles. The van der Waals surface area contributed by atoms with Gasteiger partial charge in [0.1, 0.15) is 11.9 Å². The van der Waals surface area contributed by atoms with Crippen molar-refractivity contribution in [2.75, 3.05) is 0 Å². The highest BCUT2D eigenvalue weighted by atomic mass is 19.1. The lowest BCUT2D eigenvalue weighted by Gasteiger charge is -2.12. The minimum absolute atomic E-state index is 0.272. The van der Waals surface area contributed by atoms with Gasteiger partial charge in [-0.25, -0.2) is 4.39 Å². The Morgan fingerprint density at radius 3 is 2.69 bits per heavy atom. The van der Waals surface area contributed by atoms with Gasteiger partial charge in [-0.1, -0.05) is 12.1 Å². The molecule has 16 heavy (non-hydrogen) atoms. The summed E-state index contributed by atoms with van der Waals surface area (Å²) in [5, 5.41) is 14.0. The number of rotatable bonds is 2. The molecule has 0 aliphatic rings. The van der Waals surface area contributed by atoms with Crippen LogP contribution >= 0.6 is 0 Å². The summed E-state index contributed by atoms with van der Waals surface area (Å²) in [4.78, 5) is 0. The summed E-state index contributed by atoms with van der Waals surface area (Å²) in [5.41, 5.74) is 1.68. The zero-order chi connectivity index (χ0) is 11.7. The van der Waals surface area contributed by atoms with Crippen LogP contribution in [0.1, 0.15) is 22.9 Å². The van der Waals surface area contributed by atoms with Gasteiger partial charge in [-0.2, -0.15) is 5.10 Å². The number of hydrogen-bond donors (Lipinski definition) is 1. The molecule has 1 atom stereocenters. The Balaban J connectivity index is 2.41. The average Bonchev–Trinajstić information content (AvgIpc) is 2.63. The Bertz CT molecular complexity index is 507. The van der Waals surface area contributed by atoms with Crippen molar-refractivity contribution in [2.24, 2.45) is 7.05 Å². The molecule has 0 saturated carbocycles. The molecule has 1 unspecified atom stereocenters. The summed E-state index contributed by atoms with van der Waals surface area (Å²) < 4.78 is 15.2. The Kier molecular flexibility index (Phi) is 2.75. The largest absolute Gasteiger partial charge is 0.382 e. The van der Waals surface area contributed by atoms with Crippen LogP contribution in [-0.2, 0) is 7.05 Å². The summed E-state index contributed by atoms with van der Waals surface area (Å²) in [6, 6.07) is 6.46. The van der Waals surface area contributed by atoms with Crippen molar-refractivity contribution in [1.29, 1.82) is 0 Å². The van der Waals surface area contributed by atoms with Gasteiger partial charge in [-0.3, -0.25) is 4.68 Å². The number of benzene rings is 1. The van der Waals surface area contributed by atoms with E-state index in [-0.39, 0.29) is 5.56 Å². The quantitative estimate of drug-likeness (QED) is 0.840. The highest BCUT2D eigenvalue weighted by Gasteiger charge is 2.17. The maximum absolute atomic E-state index is 13.6. The summed E-state index contributed by atoms with van der Waals surface area (Å²) in [7, 11) is 1.71. The normalized spacial score (nSPS) is 12.8. The number of nitrogens with zero attached hydrogens (tertiary/aromatic N) is 2. The second-order valence-electron chi connectivity index (χ2n) is 3.81. The number of halogens is 1. The van der Waals surface area contributed by atoms with Crippen LogP contribution < -0.4 is 0 Å². The molecule has 0 radical (unpaired) electrons. The van der Waals surface area contributed by atoms with Gasteiger partial charge in [0.2, 0.25) is 0 Å². The zero-order valence-corrected chi connectivity index (χ0v) is 9.18. The molecule has 0 fully saturated rings. The predicted octanol–water partition coefficient (Wildman–Crippen LogP) is 1.95. The first-order valence-electron chi connectivity index (χ1n) is 5.01. The SMILES string of the molecule is Cc1ccc(C(O)c2ccnn2C)c(F)c1. The first kappa shape index (κ1) is 10.8. The van der Waals surface area contributed by atoms with Crippen LogP contribution in [-0.4, -0.2) is 14.9 Å². The molecule has 1 N–H and O–H groups in total. The highest BCUT2D eigenvalue weighted by Crippen LogP contribution is 2.24. The van der Waals surface area contributed by atoms with E-state index in [1.807, 2.05) is 6.92 Å². The predicted molar refractivity (Wildman–Crippen MR) is 58.4 cm³/mol. The van der Waals surface area contributed by atoms with E-state index in [0.717, 1.165) is 5.56 Å². The van der Waals surface area contributed by atoms with Crippen LogP contribution in [0.5, 0.6) is 0 Å². The Hall–Kier alpha value is -1.68. The number of hydrogen-bond acceptors (Lipinski definition) is 2. The molecule has 0 aliphatic heterocycles. The van der Waals surface area contributed by atoms with Gasteiger partial charge in [-0.05, 0) is 24.6 Å². The summed E-state index contributed by atoms with van der Waals surface area (Å²) in [5.74, 6) is -0.395. The molecule has 0 aliphatic carbocycles. The minimum Gasteiger partial charge on any atom is -0.382 e. The van der Waals surface area contributed by atoms with E-state index in [1.54, 1.807) is 31.4 Å². The van der Waals surface area contributed by atoms with Crippen LogP contribution in [0.3, 0.4) is 0 Å². The maximum Gasteiger partial charge on any atom is 0.129 e. The fraction of sp³-hybridized carbons (Fsp3) is 0.250. The van der Waals surface area contributed by atoms with Crippen LogP contribution in [0.4, 0.5) is 4.39 Å². The van der Waals surface area contributed by atoms with E-state index < -0.39 is 11.9 Å². The molecular weight excluding hydrogens is 207 g/mol. The van der Waals surface area contributed by atoms with Gasteiger partial charge in [0, 0.05) is 18.8 Å². The summed E-state index contributed by atoms with van der Waals surface area (Å²) in [6.45, 7) is 1.81. The summed E-state index contributed by atoms with van der Waals surface area (Å²) in [6.07, 6.45) is 0.595. The zero-order valence-electron chi connectivity index (χ0n) is 9.18. The Labute approximate surface area is 93.2 Å². The third kappa shape index (κ3) is 1.84. The summed E-state index contributed by atoms with van der Waals surface area (Å²) >= 11 is 0. The molecule has 3 nitrogen and oxygen atoms in total. The molecule has 4 heteroatoms. The smallest absolute Gasteiger partial charge is 0.129 e. The first-order chi connectivity index (χ1) is 7.59. The third-order valence-electron chi connectivity index (χ3n) is 2.59. The third-order valence-corrected chi connectivity index (χ3v) is 2.59. The van der Waals surface area contributed by atoms with Crippen molar-refractivity contribution in [3.05, 3.63) is 53.1 Å². The van der Waals surface area contributed by atoms with E-state index in [9.17, 15) is 9.50 Å². The van der Waals surface area contributed by atoms with Gasteiger partial charge in [-0.15, -0.1) is 0 Å². The number of aryl methyl sites for hydroxylation is 2. The lowest BCUT2D eigenvalue weighted by Crippen LogP contribution is -2.08. The number of aliphatic hydroxyl groups excluding tert-OH is 1. The first-order valence-corrected chi connectivity index (χ1v) is 5.01. The standard InChI is InChI=1S/C12H13FN2O/c1-8-3-4-9(10(13)7-8)12(16)11-5-6-14-15(11)2/h3-7,12,16H,1-2H3. The maximum atomic E-state index is 13.6. The van der Waals surface area contributed by atoms with E-state index in [4.69, 9.17) is 0 Å². The van der Waals surface area contributed by atoms with Crippen molar-refractivity contribution in [3.8, 4) is 0 Å². The minimum atomic E-state index is -0.979. The Morgan fingerprint density at radius 1 is 1.38 bits per heavy atom. The molecule has 0 amide bonds. The van der Waals surface area contributed by atoms with Gasteiger partial charge >= 0.3 is 0 Å². The van der Waals surface area contributed by atoms with Crippen LogP contribution in [0.2, 0.25) is 0 Å². The lowest BCUT2D eigenvalue weighted by atomic mass is 10.0. The van der Waals surface area contributed by atoms with Crippen LogP contribution in [0, 0.1) is 12.7 Å². The van der Waals surface area contributed by atoms with Crippen molar-refractivity contribution >= 4 is 0 Å². The monoisotopic (exact) mass is 220 g/mol. The van der Waals surface area contributed by atoms with Crippen molar-refractivity contribution in [3.63, 3.8) is 0 Å². The molecule has 1 heterocycles. The van der Waals surface area contributed by atoms with Gasteiger partial charge in [0.25, 0.3) is 0 Å². The molecule has 0 bridgehead atoms. The average molecular weight is 220 g/mol. The van der Waals surface area contributed by atoms with Gasteiger partial charge in [0.15, 0.2) is 0 Å². The van der Waals surface area contributed by atoms with E-state index in [1.165, 1.54) is 10.7 Å². The molecule has 2 rings (SSSR count). The topological polar surface area (TPSA) is 38.1 Å². The van der Waals surface area contributed by atoms with Crippen molar-refractivity contribution in [2.45, 2.75) is 13.0 Å². The fourth-order valence-corrected chi connectivity index (χ4v) is 1.67. The van der Waals surface area contributed by atoms with Gasteiger partial charge in [0.05, 0.1) is 5.69 Å². The number of aromatic nitrogens is 2. The van der Waals surface area contributed by atoms with E-state index in [0.29, 0.717) is 5.69 Å². The molecular formula is C12H13FN2O.